The molecule has 0 aromatic carbocycles. The Morgan fingerprint density at radius 2 is 1.88 bits per heavy atom. The predicted molar refractivity (Wildman–Crippen MR) is 74.5 cm³/mol. The molecule has 0 bridgehead atoms. The molecule has 0 radical (unpaired) electrons. The maximum Gasteiger partial charge on any atom is 0.0303 e. The average Bonchev–Trinajstić information content (AvgIpc) is 2.24. The second-order valence-corrected chi connectivity index (χ2v) is 7.87. The van der Waals surface area contributed by atoms with Crippen molar-refractivity contribution in [1.82, 2.24) is 5.43 Å². The topological polar surface area (TPSA) is 38.0 Å². The Morgan fingerprint density at radius 1 is 1.25 bits per heavy atom. The fourth-order valence-corrected chi connectivity index (χ4v) is 3.29. The Labute approximate surface area is 105 Å². The highest BCUT2D eigenvalue weighted by atomic mass is 32.2. The van der Waals surface area contributed by atoms with Crippen LogP contribution in [0.15, 0.2) is 0 Å². The van der Waals surface area contributed by atoms with Crippen molar-refractivity contribution in [2.45, 2.75) is 70.1 Å². The lowest BCUT2D eigenvalue weighted by Crippen LogP contribution is -2.39. The Hall–Kier alpha value is 0.270. The van der Waals surface area contributed by atoms with E-state index in [-0.39, 0.29) is 0 Å². The summed E-state index contributed by atoms with van der Waals surface area (Å²) in [5.74, 6) is 7.70. The third kappa shape index (κ3) is 6.12. The number of rotatable bonds is 5. The van der Waals surface area contributed by atoms with Gasteiger partial charge in [-0.2, -0.15) is 11.8 Å². The average molecular weight is 244 g/mol. The van der Waals surface area contributed by atoms with Gasteiger partial charge in [-0.25, -0.2) is 0 Å². The van der Waals surface area contributed by atoms with Crippen LogP contribution in [0.3, 0.4) is 0 Å². The number of nitrogens with two attached hydrogens (primary N) is 1. The number of thioether (sulfide) groups is 1. The lowest BCUT2D eigenvalue weighted by atomic mass is 9.85. The van der Waals surface area contributed by atoms with Crippen molar-refractivity contribution < 1.29 is 0 Å². The number of hydrazine groups is 1. The van der Waals surface area contributed by atoms with E-state index in [2.05, 4.69) is 26.2 Å². The molecule has 3 heteroatoms. The highest BCUT2D eigenvalue weighted by Crippen LogP contribution is 2.30. The fraction of sp³-hybridized carbons (Fsp3) is 1.00. The van der Waals surface area contributed by atoms with Crippen LogP contribution < -0.4 is 11.3 Å². The van der Waals surface area contributed by atoms with Crippen LogP contribution >= 0.6 is 11.8 Å². The lowest BCUT2D eigenvalue weighted by molar-refractivity contribution is 0.308. The second kappa shape index (κ2) is 6.87. The van der Waals surface area contributed by atoms with Crippen molar-refractivity contribution in [2.75, 3.05) is 5.75 Å². The summed E-state index contributed by atoms with van der Waals surface area (Å²) < 4.78 is 0.349. The van der Waals surface area contributed by atoms with Crippen molar-refractivity contribution in [3.63, 3.8) is 0 Å². The summed E-state index contributed by atoms with van der Waals surface area (Å²) in [5.41, 5.74) is 3.00. The summed E-state index contributed by atoms with van der Waals surface area (Å²) >= 11 is 2.01. The molecular weight excluding hydrogens is 216 g/mol. The molecular formula is C13H28N2S. The van der Waals surface area contributed by atoms with E-state index in [4.69, 9.17) is 5.84 Å². The van der Waals surface area contributed by atoms with E-state index in [1.165, 1.54) is 38.5 Å². The van der Waals surface area contributed by atoms with Crippen molar-refractivity contribution in [3.05, 3.63) is 0 Å². The van der Waals surface area contributed by atoms with Gasteiger partial charge in [-0.1, -0.05) is 52.9 Å². The van der Waals surface area contributed by atoms with Crippen LogP contribution in [-0.2, 0) is 0 Å². The van der Waals surface area contributed by atoms with Gasteiger partial charge in [0.2, 0.25) is 0 Å². The van der Waals surface area contributed by atoms with Crippen LogP contribution in [0.25, 0.3) is 0 Å². The molecule has 0 aliphatic heterocycles. The first kappa shape index (κ1) is 14.3. The van der Waals surface area contributed by atoms with E-state index >= 15 is 0 Å². The molecule has 0 aromatic heterocycles. The summed E-state index contributed by atoms with van der Waals surface area (Å²) in [6.07, 6.45) is 8.38. The largest absolute Gasteiger partial charge is 0.271 e. The third-order valence-corrected chi connectivity index (χ3v) is 4.73. The van der Waals surface area contributed by atoms with Gasteiger partial charge in [-0.3, -0.25) is 11.3 Å². The molecule has 1 aliphatic rings. The van der Waals surface area contributed by atoms with E-state index < -0.39 is 0 Å². The third-order valence-electron chi connectivity index (χ3n) is 3.30. The quantitative estimate of drug-likeness (QED) is 0.575. The molecule has 0 spiro atoms. The maximum atomic E-state index is 5.66. The van der Waals surface area contributed by atoms with E-state index in [9.17, 15) is 0 Å². The molecule has 0 aromatic rings. The smallest absolute Gasteiger partial charge is 0.0303 e. The van der Waals surface area contributed by atoms with Crippen LogP contribution in [-0.4, -0.2) is 16.5 Å². The molecule has 16 heavy (non-hydrogen) atoms. The normalized spacial score (nSPS) is 21.0. The molecule has 1 saturated carbocycles. The summed E-state index contributed by atoms with van der Waals surface area (Å²) in [6, 6.07) is 0.493. The van der Waals surface area contributed by atoms with Crippen molar-refractivity contribution in [3.8, 4) is 0 Å². The number of hydrogen-bond acceptors (Lipinski definition) is 3. The summed E-state index contributed by atoms with van der Waals surface area (Å²) in [6.45, 7) is 6.81. The van der Waals surface area contributed by atoms with E-state index in [1.54, 1.807) is 0 Å². The van der Waals surface area contributed by atoms with Crippen LogP contribution in [0.2, 0.25) is 0 Å². The SMILES string of the molecule is CC(C)(C)SCC(CC1CCCCC1)NN. The van der Waals surface area contributed by atoms with Gasteiger partial charge in [0.15, 0.2) is 0 Å². The van der Waals surface area contributed by atoms with Gasteiger partial charge in [0.1, 0.15) is 0 Å². The Bertz CT molecular complexity index is 183. The molecule has 0 amide bonds. The van der Waals surface area contributed by atoms with Crippen molar-refractivity contribution in [1.29, 1.82) is 0 Å². The standard InChI is InChI=1S/C13H28N2S/c1-13(2,3)16-10-12(15-14)9-11-7-5-4-6-8-11/h11-12,15H,4-10,14H2,1-3H3. The molecule has 2 nitrogen and oxygen atoms in total. The number of nitrogens with one attached hydrogen (secondary N) is 1. The highest BCUT2D eigenvalue weighted by Gasteiger charge is 2.20. The highest BCUT2D eigenvalue weighted by molar-refractivity contribution is 8.00. The van der Waals surface area contributed by atoms with Crippen molar-refractivity contribution in [2.24, 2.45) is 11.8 Å². The van der Waals surface area contributed by atoms with Gasteiger partial charge >= 0.3 is 0 Å². The van der Waals surface area contributed by atoms with E-state index in [1.807, 2.05) is 11.8 Å². The first-order chi connectivity index (χ1) is 7.51. The molecule has 1 unspecified atom stereocenters. The molecule has 1 atom stereocenters. The minimum atomic E-state index is 0.349. The van der Waals surface area contributed by atoms with Crippen LogP contribution in [0.4, 0.5) is 0 Å². The molecule has 1 fully saturated rings. The zero-order valence-electron chi connectivity index (χ0n) is 11.1. The van der Waals surface area contributed by atoms with Crippen molar-refractivity contribution >= 4 is 11.8 Å². The molecule has 96 valence electrons. The summed E-state index contributed by atoms with van der Waals surface area (Å²) in [7, 11) is 0. The second-order valence-electron chi connectivity index (χ2n) is 6.03. The van der Waals surface area contributed by atoms with Gasteiger partial charge in [-0.05, 0) is 12.3 Å². The van der Waals surface area contributed by atoms with Gasteiger partial charge in [0.05, 0.1) is 0 Å². The first-order valence-corrected chi connectivity index (χ1v) is 7.60. The molecule has 3 N–H and O–H groups in total. The predicted octanol–water partition coefficient (Wildman–Crippen LogP) is 3.32. The molecule has 0 saturated heterocycles. The van der Waals surface area contributed by atoms with Crippen LogP contribution in [0.5, 0.6) is 0 Å². The fourth-order valence-electron chi connectivity index (χ4n) is 2.36. The van der Waals surface area contributed by atoms with E-state index in [0.717, 1.165) is 11.7 Å². The molecule has 0 heterocycles. The van der Waals surface area contributed by atoms with Crippen LogP contribution in [0.1, 0.15) is 59.3 Å². The Morgan fingerprint density at radius 3 is 2.38 bits per heavy atom. The van der Waals surface area contributed by atoms with Crippen LogP contribution in [0, 0.1) is 5.92 Å². The first-order valence-electron chi connectivity index (χ1n) is 6.61. The van der Waals surface area contributed by atoms with Gasteiger partial charge in [0.25, 0.3) is 0 Å². The van der Waals surface area contributed by atoms with Gasteiger partial charge in [-0.15, -0.1) is 0 Å². The number of hydrogen-bond donors (Lipinski definition) is 2. The minimum Gasteiger partial charge on any atom is -0.271 e. The van der Waals surface area contributed by atoms with E-state index in [0.29, 0.717) is 10.8 Å². The summed E-state index contributed by atoms with van der Waals surface area (Å²) in [4.78, 5) is 0. The Kier molecular flexibility index (Phi) is 6.16. The zero-order valence-corrected chi connectivity index (χ0v) is 11.9. The molecule has 1 aliphatic carbocycles. The lowest BCUT2D eigenvalue weighted by Gasteiger charge is -2.28. The van der Waals surface area contributed by atoms with Gasteiger partial charge in [0, 0.05) is 16.5 Å². The Balaban J connectivity index is 2.25. The van der Waals surface area contributed by atoms with Gasteiger partial charge < -0.3 is 0 Å². The minimum absolute atomic E-state index is 0.349. The maximum absolute atomic E-state index is 5.66. The summed E-state index contributed by atoms with van der Waals surface area (Å²) in [5, 5.41) is 0. The molecule has 1 rings (SSSR count). The zero-order chi connectivity index (χ0) is 12.0. The monoisotopic (exact) mass is 244 g/mol.